The molecule has 182 valence electrons. The Morgan fingerprint density at radius 3 is 2.45 bits per heavy atom. The van der Waals surface area contributed by atoms with Crippen LogP contribution in [0.5, 0.6) is 0 Å². The molecule has 0 radical (unpaired) electrons. The van der Waals surface area contributed by atoms with Crippen molar-refractivity contribution in [2.24, 2.45) is 5.73 Å². The third kappa shape index (κ3) is 7.94. The topological polar surface area (TPSA) is 142 Å². The smallest absolute Gasteiger partial charge is 0.326 e. The Morgan fingerprint density at radius 1 is 1.18 bits per heavy atom. The molecule has 2 rings (SSSR count). The Bertz CT molecular complexity index is 826. The van der Waals surface area contributed by atoms with Crippen LogP contribution in [0.25, 0.3) is 0 Å². The largest absolute Gasteiger partial charge is 0.480 e. The van der Waals surface area contributed by atoms with E-state index in [-0.39, 0.29) is 5.75 Å². The second-order valence-electron chi connectivity index (χ2n) is 7.91. The molecule has 1 aliphatic heterocycles. The number of hydrogen-bond acceptors (Lipinski definition) is 7. The fourth-order valence-corrected chi connectivity index (χ4v) is 4.41. The summed E-state index contributed by atoms with van der Waals surface area (Å²) in [7, 11) is 0. The van der Waals surface area contributed by atoms with Gasteiger partial charge in [0.25, 0.3) is 0 Å². The molecule has 0 aliphatic carbocycles. The van der Waals surface area contributed by atoms with Gasteiger partial charge in [0.1, 0.15) is 18.1 Å². The number of amides is 3. The molecule has 5 N–H and O–H groups in total. The maximum Gasteiger partial charge on any atom is 0.326 e. The van der Waals surface area contributed by atoms with Gasteiger partial charge in [-0.1, -0.05) is 30.3 Å². The number of likely N-dealkylation sites (tertiary alicyclic amines) is 1. The van der Waals surface area contributed by atoms with Crippen molar-refractivity contribution in [1.29, 1.82) is 0 Å². The number of rotatable bonds is 12. The number of nitrogens with two attached hydrogens (primary N) is 1. The summed E-state index contributed by atoms with van der Waals surface area (Å²) in [6.07, 6.45) is 3.52. The quantitative estimate of drug-likeness (QED) is 0.262. The summed E-state index contributed by atoms with van der Waals surface area (Å²) >= 11 is 5.69. The van der Waals surface area contributed by atoms with E-state index < -0.39 is 47.9 Å². The van der Waals surface area contributed by atoms with Gasteiger partial charge in [-0.15, -0.1) is 0 Å². The molecule has 1 heterocycles. The maximum atomic E-state index is 13.1. The maximum absolute atomic E-state index is 13.1. The average Bonchev–Trinajstić information content (AvgIpc) is 3.30. The fraction of sp³-hybridized carbons (Fsp3) is 0.545. The van der Waals surface area contributed by atoms with Crippen molar-refractivity contribution in [3.63, 3.8) is 0 Å². The number of carboxylic acid groups (broad SMARTS) is 1. The number of carbonyl (C=O) groups is 4. The molecule has 3 amide bonds. The lowest BCUT2D eigenvalue weighted by molar-refractivity contribution is -0.149. The summed E-state index contributed by atoms with van der Waals surface area (Å²) in [6.45, 7) is 0.336. The zero-order valence-electron chi connectivity index (χ0n) is 18.6. The van der Waals surface area contributed by atoms with Crippen LogP contribution in [0.3, 0.4) is 0 Å². The van der Waals surface area contributed by atoms with Gasteiger partial charge in [0.15, 0.2) is 0 Å². The van der Waals surface area contributed by atoms with Crippen LogP contribution in [0.4, 0.5) is 0 Å². The van der Waals surface area contributed by atoms with Crippen LogP contribution in [0.2, 0.25) is 0 Å². The van der Waals surface area contributed by atoms with Gasteiger partial charge >= 0.3 is 5.97 Å². The number of aliphatic carboxylic acids is 1. The van der Waals surface area contributed by atoms with Gasteiger partial charge in [-0.3, -0.25) is 14.4 Å². The van der Waals surface area contributed by atoms with Gasteiger partial charge in [0.2, 0.25) is 17.7 Å². The normalized spacial score (nSPS) is 18.3. The summed E-state index contributed by atoms with van der Waals surface area (Å²) in [5.41, 5.74) is 6.90. The molecular weight excluding hydrogens is 464 g/mol. The number of nitrogens with one attached hydrogen (secondary N) is 2. The average molecular weight is 497 g/mol. The molecule has 1 saturated heterocycles. The lowest BCUT2D eigenvalue weighted by Gasteiger charge is -2.28. The highest BCUT2D eigenvalue weighted by molar-refractivity contribution is 7.98. The molecule has 1 aliphatic rings. The summed E-state index contributed by atoms with van der Waals surface area (Å²) < 4.78 is 0. The third-order valence-corrected chi connectivity index (χ3v) is 6.51. The van der Waals surface area contributed by atoms with E-state index in [0.717, 1.165) is 5.56 Å². The summed E-state index contributed by atoms with van der Waals surface area (Å²) in [4.78, 5) is 51.3. The minimum Gasteiger partial charge on any atom is -0.480 e. The molecule has 0 saturated carbocycles. The predicted octanol–water partition coefficient (Wildman–Crippen LogP) is 0.285. The molecule has 33 heavy (non-hydrogen) atoms. The number of hydrogen-bond donors (Lipinski definition) is 5. The van der Waals surface area contributed by atoms with Crippen LogP contribution in [0, 0.1) is 0 Å². The van der Waals surface area contributed by atoms with Crippen molar-refractivity contribution in [3.8, 4) is 0 Å². The van der Waals surface area contributed by atoms with Crippen LogP contribution in [0.1, 0.15) is 24.8 Å². The molecule has 11 heteroatoms. The monoisotopic (exact) mass is 496 g/mol. The first-order valence-electron chi connectivity index (χ1n) is 10.8. The molecule has 4 atom stereocenters. The van der Waals surface area contributed by atoms with E-state index in [2.05, 4.69) is 23.3 Å². The highest BCUT2D eigenvalue weighted by Gasteiger charge is 2.38. The number of thioether (sulfide) groups is 1. The molecular formula is C22H32N4O5S2. The molecule has 1 fully saturated rings. The molecule has 9 nitrogen and oxygen atoms in total. The third-order valence-electron chi connectivity index (χ3n) is 5.50. The minimum absolute atomic E-state index is 0.0144. The van der Waals surface area contributed by atoms with Gasteiger partial charge in [-0.2, -0.15) is 24.4 Å². The van der Waals surface area contributed by atoms with E-state index in [0.29, 0.717) is 38.0 Å². The van der Waals surface area contributed by atoms with Crippen molar-refractivity contribution in [2.75, 3.05) is 24.3 Å². The Hall–Kier alpha value is -2.24. The van der Waals surface area contributed by atoms with Crippen molar-refractivity contribution in [2.45, 2.75) is 49.9 Å². The fourth-order valence-electron chi connectivity index (χ4n) is 3.69. The minimum atomic E-state index is -1.05. The molecule has 0 spiro atoms. The molecule has 0 bridgehead atoms. The number of benzene rings is 1. The SMILES string of the molecule is CSCCC(NC(=O)C(CS)NC(=O)C(N)Cc1ccccc1)C(=O)N1CCCC1C(=O)O. The zero-order valence-corrected chi connectivity index (χ0v) is 20.3. The molecule has 1 aromatic carbocycles. The number of carbonyl (C=O) groups excluding carboxylic acids is 3. The van der Waals surface area contributed by atoms with E-state index in [1.54, 1.807) is 0 Å². The zero-order chi connectivity index (χ0) is 24.4. The van der Waals surface area contributed by atoms with E-state index in [1.807, 2.05) is 36.6 Å². The first kappa shape index (κ1) is 27.0. The number of thiol groups is 1. The van der Waals surface area contributed by atoms with E-state index in [1.165, 1.54) is 16.7 Å². The van der Waals surface area contributed by atoms with Crippen molar-refractivity contribution in [1.82, 2.24) is 15.5 Å². The molecule has 4 unspecified atom stereocenters. The lowest BCUT2D eigenvalue weighted by Crippen LogP contribution is -2.58. The Morgan fingerprint density at radius 2 is 1.85 bits per heavy atom. The van der Waals surface area contributed by atoms with Gasteiger partial charge in [-0.25, -0.2) is 4.79 Å². The standard InChI is InChI=1S/C22H32N4O5S2/c1-33-11-9-16(21(29)26-10-5-8-18(26)22(30)31)24-20(28)17(13-32)25-19(27)15(23)12-14-6-3-2-4-7-14/h2-4,6-7,15-18,32H,5,8-13,23H2,1H3,(H,24,28)(H,25,27)(H,30,31). The first-order chi connectivity index (χ1) is 15.8. The van der Waals surface area contributed by atoms with Crippen molar-refractivity contribution >= 4 is 48.1 Å². The number of carboxylic acids is 1. The van der Waals surface area contributed by atoms with E-state index in [4.69, 9.17) is 5.73 Å². The van der Waals surface area contributed by atoms with E-state index >= 15 is 0 Å². The second-order valence-corrected chi connectivity index (χ2v) is 9.26. The van der Waals surface area contributed by atoms with E-state index in [9.17, 15) is 24.3 Å². The van der Waals surface area contributed by atoms with Crippen molar-refractivity contribution < 1.29 is 24.3 Å². The van der Waals surface area contributed by atoms with Crippen LogP contribution in [0.15, 0.2) is 30.3 Å². The van der Waals surface area contributed by atoms with Gasteiger partial charge in [-0.05, 0) is 43.3 Å². The molecule has 1 aromatic rings. The van der Waals surface area contributed by atoms with Crippen LogP contribution in [-0.2, 0) is 25.6 Å². The summed E-state index contributed by atoms with van der Waals surface area (Å²) in [6, 6.07) is 5.69. The van der Waals surface area contributed by atoms with Gasteiger partial charge in [0.05, 0.1) is 6.04 Å². The first-order valence-corrected chi connectivity index (χ1v) is 12.8. The van der Waals surface area contributed by atoms with Crippen LogP contribution < -0.4 is 16.4 Å². The van der Waals surface area contributed by atoms with Gasteiger partial charge < -0.3 is 26.4 Å². The van der Waals surface area contributed by atoms with Gasteiger partial charge in [0, 0.05) is 12.3 Å². The predicted molar refractivity (Wildman–Crippen MR) is 131 cm³/mol. The van der Waals surface area contributed by atoms with Crippen LogP contribution >= 0.6 is 24.4 Å². The summed E-state index contributed by atoms with van der Waals surface area (Å²) in [5, 5.41) is 14.7. The Kier molecular flexibility index (Phi) is 11.0. The Balaban J connectivity index is 2.02. The van der Waals surface area contributed by atoms with Crippen molar-refractivity contribution in [3.05, 3.63) is 35.9 Å². The highest BCUT2D eigenvalue weighted by atomic mass is 32.2. The Labute approximate surface area is 203 Å². The number of nitrogens with zero attached hydrogens (tertiary/aromatic N) is 1. The summed E-state index contributed by atoms with van der Waals surface area (Å²) in [5.74, 6) is -1.92. The van der Waals surface area contributed by atoms with Crippen LogP contribution in [-0.4, -0.2) is 82.2 Å². The molecule has 0 aromatic heterocycles. The highest BCUT2D eigenvalue weighted by Crippen LogP contribution is 2.19. The second kappa shape index (κ2) is 13.5. The lowest BCUT2D eigenvalue weighted by atomic mass is 10.1.